The van der Waals surface area contributed by atoms with Crippen molar-refractivity contribution >= 4 is 23.2 Å². The molecule has 3 N–H and O–H groups in total. The molecule has 3 atom stereocenters. The number of benzene rings is 1. The van der Waals surface area contributed by atoms with Gasteiger partial charge in [-0.15, -0.1) is 11.3 Å². The van der Waals surface area contributed by atoms with Crippen LogP contribution in [-0.4, -0.2) is 71.6 Å². The number of nitrogens with two attached hydrogens (primary N) is 1. The zero-order chi connectivity index (χ0) is 26.5. The smallest absolute Gasteiger partial charge is 0.264 e. The van der Waals surface area contributed by atoms with Crippen LogP contribution in [0.1, 0.15) is 72.2 Å². The van der Waals surface area contributed by atoms with Gasteiger partial charge in [0.05, 0.1) is 11.0 Å². The zero-order valence-corrected chi connectivity index (χ0v) is 23.3. The maximum Gasteiger partial charge on any atom is 0.264 e. The number of nitrogens with one attached hydrogen (secondary N) is 1. The molecule has 7 nitrogen and oxygen atoms in total. The molecule has 1 aromatic carbocycles. The Bertz CT molecular complexity index is 1050. The number of rotatable bonds is 8. The van der Waals surface area contributed by atoms with Gasteiger partial charge in [-0.2, -0.15) is 0 Å². The first kappa shape index (κ1) is 27.3. The summed E-state index contributed by atoms with van der Waals surface area (Å²) in [5.74, 6) is -0.0547. The molecule has 206 valence electrons. The van der Waals surface area contributed by atoms with Gasteiger partial charge in [-0.3, -0.25) is 14.5 Å². The summed E-state index contributed by atoms with van der Waals surface area (Å²) in [6, 6.07) is 12.6. The Morgan fingerprint density at radius 2 is 1.89 bits per heavy atom. The molecule has 2 aromatic rings. The van der Waals surface area contributed by atoms with Crippen LogP contribution in [0.25, 0.3) is 0 Å². The average Bonchev–Trinajstić information content (AvgIpc) is 3.65. The summed E-state index contributed by atoms with van der Waals surface area (Å²) in [5, 5.41) is 5.22. The topological polar surface area (TPSA) is 87.9 Å². The van der Waals surface area contributed by atoms with Crippen molar-refractivity contribution in [2.75, 3.05) is 19.7 Å². The summed E-state index contributed by atoms with van der Waals surface area (Å²) in [6.45, 7) is 5.18. The minimum atomic E-state index is -0.482. The molecule has 0 radical (unpaired) electrons. The second kappa shape index (κ2) is 12.7. The van der Waals surface area contributed by atoms with Gasteiger partial charge in [-0.25, -0.2) is 0 Å². The van der Waals surface area contributed by atoms with E-state index in [1.54, 1.807) is 0 Å². The minimum absolute atomic E-state index is 0.0209. The standard InChI is InChI=1S/C30H42N4O3S/c1-21-6-8-22(9-7-21)19-33(20-26-4-2-16-37-26)25-14-15-34(30(36)28-5-3-17-38-28)27(18-25)29(35)32-24-12-10-23(31)11-13-24/h3,5-9,17,23-27H,2,4,10-16,18-20,31H2,1H3,(H,32,35)/t23?,24?,25?,26?,27-/m1/s1. The third-order valence-corrected chi connectivity index (χ3v) is 9.33. The molecular formula is C30H42N4O3S. The van der Waals surface area contributed by atoms with E-state index in [-0.39, 0.29) is 36.0 Å². The van der Waals surface area contributed by atoms with E-state index in [2.05, 4.69) is 41.4 Å². The van der Waals surface area contributed by atoms with Gasteiger partial charge in [-0.05, 0) is 75.3 Å². The maximum absolute atomic E-state index is 13.8. The lowest BCUT2D eigenvalue weighted by Gasteiger charge is -2.44. The summed E-state index contributed by atoms with van der Waals surface area (Å²) >= 11 is 1.44. The summed E-state index contributed by atoms with van der Waals surface area (Å²) < 4.78 is 6.03. The highest BCUT2D eigenvalue weighted by Crippen LogP contribution is 2.29. The largest absolute Gasteiger partial charge is 0.377 e. The van der Waals surface area contributed by atoms with Crippen molar-refractivity contribution < 1.29 is 14.3 Å². The molecule has 1 aliphatic carbocycles. The molecule has 3 fully saturated rings. The lowest BCUT2D eigenvalue weighted by molar-refractivity contribution is -0.128. The van der Waals surface area contributed by atoms with Crippen molar-refractivity contribution in [3.63, 3.8) is 0 Å². The van der Waals surface area contributed by atoms with Crippen molar-refractivity contribution in [3.8, 4) is 0 Å². The van der Waals surface area contributed by atoms with Gasteiger partial charge in [0, 0.05) is 44.4 Å². The molecule has 8 heteroatoms. The van der Waals surface area contributed by atoms with Crippen molar-refractivity contribution in [3.05, 3.63) is 57.8 Å². The first-order valence-corrected chi connectivity index (χ1v) is 15.2. The lowest BCUT2D eigenvalue weighted by atomic mass is 9.90. The molecule has 0 spiro atoms. The Morgan fingerprint density at radius 1 is 1.11 bits per heavy atom. The molecule has 2 aliphatic heterocycles. The highest BCUT2D eigenvalue weighted by Gasteiger charge is 2.40. The van der Waals surface area contributed by atoms with Crippen molar-refractivity contribution in [2.24, 2.45) is 5.73 Å². The van der Waals surface area contributed by atoms with E-state index < -0.39 is 6.04 Å². The zero-order valence-electron chi connectivity index (χ0n) is 22.5. The SMILES string of the molecule is Cc1ccc(CN(CC2CCCO2)C2CCN(C(=O)c3cccs3)[C@@H](C(=O)NC3CCC(N)CC3)C2)cc1. The van der Waals surface area contributed by atoms with Crippen LogP contribution in [0, 0.1) is 6.92 Å². The van der Waals surface area contributed by atoms with Gasteiger partial charge in [0.25, 0.3) is 5.91 Å². The number of likely N-dealkylation sites (tertiary alicyclic amines) is 1. The average molecular weight is 539 g/mol. The van der Waals surface area contributed by atoms with Crippen molar-refractivity contribution in [2.45, 2.75) is 95.1 Å². The Labute approximate surface area is 230 Å². The molecular weight excluding hydrogens is 496 g/mol. The van der Waals surface area contributed by atoms with E-state index in [1.807, 2.05) is 22.4 Å². The molecule has 1 aromatic heterocycles. The fraction of sp³-hybridized carbons (Fsp3) is 0.600. The van der Waals surface area contributed by atoms with Gasteiger partial charge in [0.15, 0.2) is 0 Å². The molecule has 3 heterocycles. The third-order valence-electron chi connectivity index (χ3n) is 8.47. The number of nitrogens with zero attached hydrogens (tertiary/aromatic N) is 2. The highest BCUT2D eigenvalue weighted by atomic mass is 32.1. The summed E-state index contributed by atoms with van der Waals surface area (Å²) in [7, 11) is 0. The number of hydrogen-bond acceptors (Lipinski definition) is 6. The van der Waals surface area contributed by atoms with Crippen molar-refractivity contribution in [1.82, 2.24) is 15.1 Å². The summed E-state index contributed by atoms with van der Waals surface area (Å²) in [4.78, 5) is 32.3. The second-order valence-corrected chi connectivity index (χ2v) is 12.3. The van der Waals surface area contributed by atoms with Crippen LogP contribution in [0.4, 0.5) is 0 Å². The van der Waals surface area contributed by atoms with Crippen LogP contribution in [-0.2, 0) is 16.1 Å². The van der Waals surface area contributed by atoms with Gasteiger partial charge in [-0.1, -0.05) is 35.9 Å². The minimum Gasteiger partial charge on any atom is -0.377 e. The third kappa shape index (κ3) is 6.84. The first-order valence-electron chi connectivity index (χ1n) is 14.3. The van der Waals surface area contributed by atoms with E-state index in [1.165, 1.54) is 22.5 Å². The quantitative estimate of drug-likeness (QED) is 0.529. The molecule has 1 saturated carbocycles. The number of carbonyl (C=O) groups is 2. The monoisotopic (exact) mass is 538 g/mol. The molecule has 2 unspecified atom stereocenters. The molecule has 2 saturated heterocycles. The number of aryl methyl sites for hydroxylation is 1. The van der Waals surface area contributed by atoms with Crippen molar-refractivity contribution in [1.29, 1.82) is 0 Å². The van der Waals surface area contributed by atoms with Gasteiger partial charge < -0.3 is 20.7 Å². The fourth-order valence-electron chi connectivity index (χ4n) is 6.19. The number of ether oxygens (including phenoxy) is 1. The molecule has 2 amide bonds. The van der Waals surface area contributed by atoms with E-state index >= 15 is 0 Å². The van der Waals surface area contributed by atoms with Crippen LogP contribution >= 0.6 is 11.3 Å². The lowest BCUT2D eigenvalue weighted by Crippen LogP contribution is -2.59. The Morgan fingerprint density at radius 3 is 2.58 bits per heavy atom. The first-order chi connectivity index (χ1) is 18.5. The van der Waals surface area contributed by atoms with Crippen LogP contribution in [0.5, 0.6) is 0 Å². The van der Waals surface area contributed by atoms with E-state index in [0.717, 1.165) is 64.6 Å². The van der Waals surface area contributed by atoms with Crippen LogP contribution < -0.4 is 11.1 Å². The van der Waals surface area contributed by atoms with Crippen LogP contribution in [0.15, 0.2) is 41.8 Å². The Kier molecular flexibility index (Phi) is 9.15. The van der Waals surface area contributed by atoms with Crippen LogP contribution in [0.2, 0.25) is 0 Å². The van der Waals surface area contributed by atoms with E-state index in [0.29, 0.717) is 17.8 Å². The van der Waals surface area contributed by atoms with Gasteiger partial charge in [0.2, 0.25) is 5.91 Å². The number of amides is 2. The number of hydrogen-bond donors (Lipinski definition) is 2. The highest BCUT2D eigenvalue weighted by molar-refractivity contribution is 7.12. The predicted molar refractivity (Wildman–Crippen MR) is 151 cm³/mol. The molecule has 5 rings (SSSR count). The molecule has 0 bridgehead atoms. The Hall–Kier alpha value is -2.26. The number of piperidine rings is 1. The van der Waals surface area contributed by atoms with Crippen LogP contribution in [0.3, 0.4) is 0 Å². The van der Waals surface area contributed by atoms with E-state index in [9.17, 15) is 9.59 Å². The van der Waals surface area contributed by atoms with E-state index in [4.69, 9.17) is 10.5 Å². The number of thiophene rings is 1. The van der Waals surface area contributed by atoms with Gasteiger partial charge >= 0.3 is 0 Å². The normalized spacial score (nSPS) is 28.0. The fourth-order valence-corrected chi connectivity index (χ4v) is 6.87. The molecule has 38 heavy (non-hydrogen) atoms. The predicted octanol–water partition coefficient (Wildman–Crippen LogP) is 4.10. The second-order valence-electron chi connectivity index (χ2n) is 11.3. The summed E-state index contributed by atoms with van der Waals surface area (Å²) in [5.41, 5.74) is 8.62. The maximum atomic E-state index is 13.8. The van der Waals surface area contributed by atoms with Gasteiger partial charge in [0.1, 0.15) is 6.04 Å². The summed E-state index contributed by atoms with van der Waals surface area (Å²) in [6.07, 6.45) is 7.56. The number of carbonyl (C=O) groups excluding carboxylic acids is 2. The molecule has 3 aliphatic rings. The Balaban J connectivity index is 1.34.